The fourth-order valence-corrected chi connectivity index (χ4v) is 1.13. The first kappa shape index (κ1) is 11.5. The van der Waals surface area contributed by atoms with E-state index >= 15 is 0 Å². The lowest BCUT2D eigenvalue weighted by Gasteiger charge is -2.01. The second kappa shape index (κ2) is 5.98. The molecule has 0 aromatic heterocycles. The van der Waals surface area contributed by atoms with Crippen LogP contribution in [0.5, 0.6) is 0 Å². The Kier molecular flexibility index (Phi) is 4.57. The summed E-state index contributed by atoms with van der Waals surface area (Å²) < 4.78 is 4.85. The Morgan fingerprint density at radius 1 is 1.40 bits per heavy atom. The summed E-state index contributed by atoms with van der Waals surface area (Å²) >= 11 is 0. The third-order valence-electron chi connectivity index (χ3n) is 1.84. The molecule has 0 bridgehead atoms. The minimum atomic E-state index is -0.310. The van der Waals surface area contributed by atoms with Crippen LogP contribution in [-0.4, -0.2) is 24.3 Å². The number of rotatable bonds is 4. The average Bonchev–Trinajstić information content (AvgIpc) is 2.27. The zero-order valence-electron chi connectivity index (χ0n) is 8.64. The molecule has 0 unspecified atom stereocenters. The van der Waals surface area contributed by atoms with Gasteiger partial charge in [0.1, 0.15) is 0 Å². The predicted octanol–water partition coefficient (Wildman–Crippen LogP) is 1.87. The molecule has 3 heteroatoms. The summed E-state index contributed by atoms with van der Waals surface area (Å²) in [4.78, 5) is 11.3. The van der Waals surface area contributed by atoms with Crippen LogP contribution in [-0.2, 0) is 4.74 Å². The predicted molar refractivity (Wildman–Crippen MR) is 58.5 cm³/mol. The Morgan fingerprint density at radius 3 is 2.60 bits per heavy atom. The van der Waals surface area contributed by atoms with Crippen LogP contribution >= 0.6 is 0 Å². The summed E-state index contributed by atoms with van der Waals surface area (Å²) in [6.45, 7) is 2.17. The van der Waals surface area contributed by atoms with Crippen molar-refractivity contribution >= 4 is 12.0 Å². The van der Waals surface area contributed by atoms with Crippen molar-refractivity contribution in [2.45, 2.75) is 6.92 Å². The maximum Gasteiger partial charge on any atom is 0.338 e. The molecular formula is C12H14O3. The summed E-state index contributed by atoms with van der Waals surface area (Å²) in [7, 11) is 0. The molecule has 0 heterocycles. The van der Waals surface area contributed by atoms with Crippen molar-refractivity contribution in [2.24, 2.45) is 0 Å². The highest BCUT2D eigenvalue weighted by atomic mass is 16.5. The first-order valence-electron chi connectivity index (χ1n) is 4.82. The highest BCUT2D eigenvalue weighted by Gasteiger charge is 2.04. The Labute approximate surface area is 89.0 Å². The maximum atomic E-state index is 11.3. The van der Waals surface area contributed by atoms with E-state index in [-0.39, 0.29) is 12.6 Å². The van der Waals surface area contributed by atoms with E-state index in [0.29, 0.717) is 12.2 Å². The number of hydrogen-bond donors (Lipinski definition) is 1. The molecule has 0 aliphatic carbocycles. The van der Waals surface area contributed by atoms with Gasteiger partial charge in [0.05, 0.1) is 18.8 Å². The molecule has 1 aromatic rings. The molecule has 80 valence electrons. The number of aliphatic hydroxyl groups excluding tert-OH is 1. The zero-order valence-corrected chi connectivity index (χ0v) is 8.64. The van der Waals surface area contributed by atoms with Crippen molar-refractivity contribution < 1.29 is 14.6 Å². The maximum absolute atomic E-state index is 11.3. The van der Waals surface area contributed by atoms with Crippen LogP contribution in [0.4, 0.5) is 0 Å². The summed E-state index contributed by atoms with van der Waals surface area (Å²) in [5.41, 5.74) is 1.48. The molecule has 0 amide bonds. The topological polar surface area (TPSA) is 46.5 Å². The van der Waals surface area contributed by atoms with Gasteiger partial charge in [0.25, 0.3) is 0 Å². The third-order valence-corrected chi connectivity index (χ3v) is 1.84. The van der Waals surface area contributed by atoms with Crippen molar-refractivity contribution in [3.05, 3.63) is 41.5 Å². The van der Waals surface area contributed by atoms with Gasteiger partial charge in [-0.2, -0.15) is 0 Å². The van der Waals surface area contributed by atoms with E-state index in [9.17, 15) is 4.79 Å². The second-order valence-corrected chi connectivity index (χ2v) is 2.93. The average molecular weight is 206 g/mol. The van der Waals surface area contributed by atoms with Crippen LogP contribution in [0.3, 0.4) is 0 Å². The van der Waals surface area contributed by atoms with Crippen molar-refractivity contribution in [1.29, 1.82) is 0 Å². The number of benzene rings is 1. The molecule has 15 heavy (non-hydrogen) atoms. The van der Waals surface area contributed by atoms with Crippen LogP contribution in [0.25, 0.3) is 6.08 Å². The second-order valence-electron chi connectivity index (χ2n) is 2.93. The minimum absolute atomic E-state index is 0.0135. The van der Waals surface area contributed by atoms with Gasteiger partial charge in [-0.1, -0.05) is 24.3 Å². The van der Waals surface area contributed by atoms with Crippen LogP contribution in [0.2, 0.25) is 0 Å². The number of hydrogen-bond acceptors (Lipinski definition) is 3. The van der Waals surface area contributed by atoms with E-state index in [2.05, 4.69) is 0 Å². The van der Waals surface area contributed by atoms with Gasteiger partial charge in [-0.15, -0.1) is 0 Å². The molecule has 0 saturated heterocycles. The van der Waals surface area contributed by atoms with Gasteiger partial charge < -0.3 is 9.84 Å². The van der Waals surface area contributed by atoms with Gasteiger partial charge in [-0.05, 0) is 24.6 Å². The lowest BCUT2D eigenvalue weighted by atomic mass is 10.1. The standard InChI is InChI=1S/C12H14O3/c1-2-15-12(14)11-7-5-10(6-8-11)4-3-9-13/h3-8,13H,2,9H2,1H3. The normalized spacial score (nSPS) is 10.5. The number of aliphatic hydroxyl groups is 1. The van der Waals surface area contributed by atoms with Gasteiger partial charge in [0.15, 0.2) is 0 Å². The zero-order chi connectivity index (χ0) is 11.1. The molecule has 0 saturated carbocycles. The summed E-state index contributed by atoms with van der Waals surface area (Å²) in [6, 6.07) is 7.01. The fourth-order valence-electron chi connectivity index (χ4n) is 1.13. The molecule has 1 rings (SSSR count). The molecule has 0 fully saturated rings. The van der Waals surface area contributed by atoms with E-state index in [1.54, 1.807) is 43.3 Å². The Morgan fingerprint density at radius 2 is 2.07 bits per heavy atom. The van der Waals surface area contributed by atoms with E-state index < -0.39 is 0 Å². The third kappa shape index (κ3) is 3.56. The van der Waals surface area contributed by atoms with Gasteiger partial charge in [-0.3, -0.25) is 0 Å². The first-order chi connectivity index (χ1) is 7.27. The highest BCUT2D eigenvalue weighted by molar-refractivity contribution is 5.89. The molecule has 1 N–H and O–H groups in total. The summed E-state index contributed by atoms with van der Waals surface area (Å²) in [6.07, 6.45) is 3.42. The quantitative estimate of drug-likeness (QED) is 0.765. The highest BCUT2D eigenvalue weighted by Crippen LogP contribution is 2.07. The van der Waals surface area contributed by atoms with E-state index in [0.717, 1.165) is 5.56 Å². The lowest BCUT2D eigenvalue weighted by Crippen LogP contribution is -2.03. The van der Waals surface area contributed by atoms with Crippen LogP contribution in [0.15, 0.2) is 30.3 Å². The van der Waals surface area contributed by atoms with E-state index in [4.69, 9.17) is 9.84 Å². The van der Waals surface area contributed by atoms with Crippen molar-refractivity contribution in [2.75, 3.05) is 13.2 Å². The van der Waals surface area contributed by atoms with Crippen LogP contribution < -0.4 is 0 Å². The van der Waals surface area contributed by atoms with Crippen molar-refractivity contribution in [3.63, 3.8) is 0 Å². The van der Waals surface area contributed by atoms with E-state index in [1.165, 1.54) is 0 Å². The largest absolute Gasteiger partial charge is 0.462 e. The molecule has 0 spiro atoms. The smallest absolute Gasteiger partial charge is 0.338 e. The summed E-state index contributed by atoms with van der Waals surface area (Å²) in [5, 5.41) is 8.58. The molecule has 0 aliphatic rings. The Hall–Kier alpha value is -1.61. The molecule has 0 aliphatic heterocycles. The molecule has 1 aromatic carbocycles. The van der Waals surface area contributed by atoms with Gasteiger partial charge in [0.2, 0.25) is 0 Å². The van der Waals surface area contributed by atoms with Crippen LogP contribution in [0, 0.1) is 0 Å². The number of ether oxygens (including phenoxy) is 1. The van der Waals surface area contributed by atoms with Gasteiger partial charge in [-0.25, -0.2) is 4.79 Å². The first-order valence-corrected chi connectivity index (χ1v) is 4.82. The minimum Gasteiger partial charge on any atom is -0.462 e. The van der Waals surface area contributed by atoms with Crippen molar-refractivity contribution in [1.82, 2.24) is 0 Å². The SMILES string of the molecule is CCOC(=O)c1ccc(C=CCO)cc1. The van der Waals surface area contributed by atoms with Gasteiger partial charge in [0, 0.05) is 0 Å². The number of carbonyl (C=O) groups excluding carboxylic acids is 1. The van der Waals surface area contributed by atoms with Gasteiger partial charge >= 0.3 is 5.97 Å². The van der Waals surface area contributed by atoms with Crippen LogP contribution in [0.1, 0.15) is 22.8 Å². The Bertz CT molecular complexity index is 338. The summed E-state index contributed by atoms with van der Waals surface area (Å²) in [5.74, 6) is -0.310. The Balaban J connectivity index is 2.71. The molecule has 0 radical (unpaired) electrons. The molecule has 3 nitrogen and oxygen atoms in total. The van der Waals surface area contributed by atoms with Crippen molar-refractivity contribution in [3.8, 4) is 0 Å². The van der Waals surface area contributed by atoms with E-state index in [1.807, 2.05) is 0 Å². The lowest BCUT2D eigenvalue weighted by molar-refractivity contribution is 0.0526. The monoisotopic (exact) mass is 206 g/mol. The molecule has 0 atom stereocenters. The fraction of sp³-hybridized carbons (Fsp3) is 0.250. The number of esters is 1. The number of carbonyl (C=O) groups is 1. The molecular weight excluding hydrogens is 192 g/mol.